The van der Waals surface area contributed by atoms with E-state index in [1.54, 1.807) is 0 Å². The molecule has 0 N–H and O–H groups in total. The van der Waals surface area contributed by atoms with Gasteiger partial charge in [0.25, 0.3) is 0 Å². The molecule has 14 heavy (non-hydrogen) atoms. The zero-order valence-corrected chi connectivity index (χ0v) is 9.64. The van der Waals surface area contributed by atoms with Gasteiger partial charge in [-0.2, -0.15) is 0 Å². The van der Waals surface area contributed by atoms with Crippen LogP contribution in [0.1, 0.15) is 46.5 Å². The van der Waals surface area contributed by atoms with Crippen LogP contribution in [0.15, 0.2) is 0 Å². The predicted molar refractivity (Wildman–Crippen MR) is 57.2 cm³/mol. The fraction of sp³-hybridized carbons (Fsp3) is 0.917. The smallest absolute Gasteiger partial charge is 0.133 e. The average Bonchev–Trinajstić information content (AvgIpc) is 2.02. The molecular weight excluding hydrogens is 176 g/mol. The molecule has 0 aliphatic carbocycles. The van der Waals surface area contributed by atoms with Crippen molar-refractivity contribution in [1.82, 2.24) is 0 Å². The Bertz CT molecular complexity index is 185. The van der Waals surface area contributed by atoms with Crippen molar-refractivity contribution in [3.8, 4) is 0 Å². The molecule has 1 fully saturated rings. The van der Waals surface area contributed by atoms with Crippen molar-refractivity contribution in [3.63, 3.8) is 0 Å². The van der Waals surface area contributed by atoms with Crippen LogP contribution < -0.4 is 0 Å². The molecule has 0 bridgehead atoms. The van der Waals surface area contributed by atoms with Crippen LogP contribution in [-0.2, 0) is 9.53 Å². The molecule has 1 rings (SSSR count). The van der Waals surface area contributed by atoms with E-state index in [2.05, 4.69) is 20.8 Å². The van der Waals surface area contributed by atoms with E-state index < -0.39 is 0 Å². The molecule has 1 saturated heterocycles. The molecule has 0 saturated carbocycles. The first kappa shape index (κ1) is 11.7. The van der Waals surface area contributed by atoms with Crippen molar-refractivity contribution in [2.75, 3.05) is 13.2 Å². The second kappa shape index (κ2) is 4.92. The molecule has 0 radical (unpaired) electrons. The normalized spacial score (nSPS) is 19.6. The number of carbonyl (C=O) groups is 1. The molecule has 2 heteroatoms. The molecule has 2 nitrogen and oxygen atoms in total. The summed E-state index contributed by atoms with van der Waals surface area (Å²) in [5.41, 5.74) is 0.141. The minimum atomic E-state index is 0.141. The topological polar surface area (TPSA) is 26.3 Å². The average molecular weight is 198 g/mol. The molecule has 0 atom stereocenters. The minimum Gasteiger partial charge on any atom is -0.381 e. The van der Waals surface area contributed by atoms with Crippen LogP contribution in [0.2, 0.25) is 0 Å². The maximum absolute atomic E-state index is 11.7. The van der Waals surface area contributed by atoms with Crippen LogP contribution in [0, 0.1) is 11.3 Å². The van der Waals surface area contributed by atoms with Gasteiger partial charge in [-0.25, -0.2) is 0 Å². The first-order valence-electron chi connectivity index (χ1n) is 5.57. The number of ether oxygens (including phenoxy) is 1. The van der Waals surface area contributed by atoms with Gasteiger partial charge in [-0.15, -0.1) is 0 Å². The third kappa shape index (κ3) is 4.75. The van der Waals surface area contributed by atoms with Crippen molar-refractivity contribution in [2.24, 2.45) is 11.3 Å². The highest BCUT2D eigenvalue weighted by Gasteiger charge is 2.21. The van der Waals surface area contributed by atoms with Gasteiger partial charge in [0.1, 0.15) is 5.78 Å². The van der Waals surface area contributed by atoms with Crippen molar-refractivity contribution in [1.29, 1.82) is 0 Å². The van der Waals surface area contributed by atoms with Crippen LogP contribution in [0.3, 0.4) is 0 Å². The Hall–Kier alpha value is -0.370. The van der Waals surface area contributed by atoms with E-state index in [1.165, 1.54) is 0 Å². The molecule has 82 valence electrons. The van der Waals surface area contributed by atoms with Gasteiger partial charge in [-0.3, -0.25) is 4.79 Å². The van der Waals surface area contributed by atoms with Crippen LogP contribution in [0.4, 0.5) is 0 Å². The summed E-state index contributed by atoms with van der Waals surface area (Å²) >= 11 is 0. The first-order valence-corrected chi connectivity index (χ1v) is 5.57. The third-order valence-corrected chi connectivity index (χ3v) is 2.58. The number of rotatable bonds is 3. The highest BCUT2D eigenvalue weighted by atomic mass is 16.5. The van der Waals surface area contributed by atoms with E-state index in [4.69, 9.17) is 4.74 Å². The summed E-state index contributed by atoms with van der Waals surface area (Å²) in [6, 6.07) is 0. The summed E-state index contributed by atoms with van der Waals surface area (Å²) in [5.74, 6) is 1.00. The lowest BCUT2D eigenvalue weighted by molar-refractivity contribution is -0.122. The Morgan fingerprint density at radius 1 is 1.29 bits per heavy atom. The summed E-state index contributed by atoms with van der Waals surface area (Å²) < 4.78 is 5.27. The fourth-order valence-electron chi connectivity index (χ4n) is 1.94. The number of ketones is 1. The maximum Gasteiger partial charge on any atom is 0.133 e. The van der Waals surface area contributed by atoms with Crippen molar-refractivity contribution in [2.45, 2.75) is 46.5 Å². The van der Waals surface area contributed by atoms with Crippen LogP contribution in [0.5, 0.6) is 0 Å². The van der Waals surface area contributed by atoms with E-state index in [9.17, 15) is 4.79 Å². The summed E-state index contributed by atoms with van der Waals surface area (Å²) in [4.78, 5) is 11.7. The van der Waals surface area contributed by atoms with Crippen molar-refractivity contribution < 1.29 is 9.53 Å². The number of hydrogen-bond donors (Lipinski definition) is 0. The maximum atomic E-state index is 11.7. The van der Waals surface area contributed by atoms with Crippen LogP contribution >= 0.6 is 0 Å². The van der Waals surface area contributed by atoms with E-state index >= 15 is 0 Å². The molecule has 0 unspecified atom stereocenters. The van der Waals surface area contributed by atoms with Gasteiger partial charge in [-0.05, 0) is 24.2 Å². The van der Waals surface area contributed by atoms with Crippen molar-refractivity contribution in [3.05, 3.63) is 0 Å². The van der Waals surface area contributed by atoms with Crippen molar-refractivity contribution >= 4 is 5.78 Å². The number of Topliss-reactive ketones (excluding diaryl/α,β-unsaturated/α-hetero) is 1. The zero-order valence-electron chi connectivity index (χ0n) is 9.64. The summed E-state index contributed by atoms with van der Waals surface area (Å²) in [5, 5.41) is 0. The molecule has 1 aliphatic heterocycles. The Morgan fingerprint density at radius 2 is 1.86 bits per heavy atom. The lowest BCUT2D eigenvalue weighted by Crippen LogP contribution is -2.21. The number of hydrogen-bond acceptors (Lipinski definition) is 2. The summed E-state index contributed by atoms with van der Waals surface area (Å²) in [6.45, 7) is 8.04. The SMILES string of the molecule is CC(C)(C)CC(=O)CC1CCOCC1. The lowest BCUT2D eigenvalue weighted by Gasteiger charge is -2.23. The van der Waals surface area contributed by atoms with E-state index in [0.717, 1.165) is 32.5 Å². The standard InChI is InChI=1S/C12H22O2/c1-12(2,3)9-11(13)8-10-4-6-14-7-5-10/h10H,4-9H2,1-3H3. The molecule has 0 amide bonds. The van der Waals surface area contributed by atoms with Gasteiger partial charge in [-0.1, -0.05) is 20.8 Å². The summed E-state index contributed by atoms with van der Waals surface area (Å²) in [6.07, 6.45) is 3.61. The Balaban J connectivity index is 2.25. The van der Waals surface area contributed by atoms with Gasteiger partial charge >= 0.3 is 0 Å². The first-order chi connectivity index (χ1) is 6.47. The van der Waals surface area contributed by atoms with Crippen LogP contribution in [0.25, 0.3) is 0 Å². The second-order valence-corrected chi connectivity index (χ2v) is 5.54. The minimum absolute atomic E-state index is 0.141. The molecule has 1 aliphatic rings. The quantitative estimate of drug-likeness (QED) is 0.697. The Labute approximate surface area is 87.0 Å². The molecular formula is C12H22O2. The fourth-order valence-corrected chi connectivity index (χ4v) is 1.94. The van der Waals surface area contributed by atoms with Gasteiger partial charge in [0, 0.05) is 26.1 Å². The van der Waals surface area contributed by atoms with Gasteiger partial charge in [0.2, 0.25) is 0 Å². The Kier molecular flexibility index (Phi) is 4.11. The monoisotopic (exact) mass is 198 g/mol. The highest BCUT2D eigenvalue weighted by Crippen LogP contribution is 2.24. The predicted octanol–water partition coefficient (Wildman–Crippen LogP) is 2.81. The van der Waals surface area contributed by atoms with E-state index in [-0.39, 0.29) is 5.41 Å². The zero-order chi connectivity index (χ0) is 10.6. The molecule has 0 spiro atoms. The highest BCUT2D eigenvalue weighted by molar-refractivity contribution is 5.79. The largest absolute Gasteiger partial charge is 0.381 e. The third-order valence-electron chi connectivity index (χ3n) is 2.58. The van der Waals surface area contributed by atoms with E-state index in [1.807, 2.05) is 0 Å². The van der Waals surface area contributed by atoms with E-state index in [0.29, 0.717) is 18.1 Å². The molecule has 0 aromatic carbocycles. The van der Waals surface area contributed by atoms with Gasteiger partial charge in [0.15, 0.2) is 0 Å². The second-order valence-electron chi connectivity index (χ2n) is 5.54. The lowest BCUT2D eigenvalue weighted by atomic mass is 9.85. The molecule has 0 aromatic rings. The molecule has 1 heterocycles. The van der Waals surface area contributed by atoms with Gasteiger partial charge in [0.05, 0.1) is 0 Å². The van der Waals surface area contributed by atoms with Crippen LogP contribution in [-0.4, -0.2) is 19.0 Å². The summed E-state index contributed by atoms with van der Waals surface area (Å²) in [7, 11) is 0. The molecule has 0 aromatic heterocycles. The Morgan fingerprint density at radius 3 is 2.36 bits per heavy atom. The van der Waals surface area contributed by atoms with Gasteiger partial charge < -0.3 is 4.74 Å². The number of carbonyl (C=O) groups excluding carboxylic acids is 1.